The van der Waals surface area contributed by atoms with E-state index in [1.165, 1.54) is 11.5 Å². The summed E-state index contributed by atoms with van der Waals surface area (Å²) < 4.78 is 4.84. The quantitative estimate of drug-likeness (QED) is 0.823. The molecule has 0 unspecified atom stereocenters. The second-order valence-electron chi connectivity index (χ2n) is 3.02. The SMILES string of the molecule is CCc1ccc2snc(C(=O)O)c2c1. The summed E-state index contributed by atoms with van der Waals surface area (Å²) in [5, 5.41) is 9.63. The van der Waals surface area contributed by atoms with E-state index in [4.69, 9.17) is 5.11 Å². The molecule has 4 heteroatoms. The Bertz CT molecular complexity index is 490. The Morgan fingerprint density at radius 3 is 3.00 bits per heavy atom. The average molecular weight is 207 g/mol. The van der Waals surface area contributed by atoms with Crippen LogP contribution in [0.25, 0.3) is 10.1 Å². The van der Waals surface area contributed by atoms with E-state index < -0.39 is 5.97 Å². The van der Waals surface area contributed by atoms with Crippen LogP contribution in [0.4, 0.5) is 0 Å². The first-order chi connectivity index (χ1) is 6.72. The number of nitrogens with zero attached hydrogens (tertiary/aromatic N) is 1. The van der Waals surface area contributed by atoms with Crippen molar-refractivity contribution < 1.29 is 9.90 Å². The molecule has 0 saturated heterocycles. The van der Waals surface area contributed by atoms with E-state index >= 15 is 0 Å². The molecule has 1 N–H and O–H groups in total. The molecule has 1 aromatic carbocycles. The minimum atomic E-state index is -0.954. The predicted molar refractivity (Wildman–Crippen MR) is 56.0 cm³/mol. The van der Waals surface area contributed by atoms with Crippen LogP contribution in [0.3, 0.4) is 0 Å². The fourth-order valence-electron chi connectivity index (χ4n) is 1.36. The summed E-state index contributed by atoms with van der Waals surface area (Å²) in [6, 6.07) is 5.84. The molecule has 0 aliphatic rings. The van der Waals surface area contributed by atoms with Crippen molar-refractivity contribution in [2.75, 3.05) is 0 Å². The number of carboxylic acids is 1. The summed E-state index contributed by atoms with van der Waals surface area (Å²) in [5.41, 5.74) is 1.31. The van der Waals surface area contributed by atoms with E-state index in [-0.39, 0.29) is 5.69 Å². The van der Waals surface area contributed by atoms with Crippen molar-refractivity contribution in [2.24, 2.45) is 0 Å². The van der Waals surface area contributed by atoms with Crippen LogP contribution in [0.5, 0.6) is 0 Å². The Morgan fingerprint density at radius 2 is 2.36 bits per heavy atom. The zero-order chi connectivity index (χ0) is 10.1. The van der Waals surface area contributed by atoms with Crippen molar-refractivity contribution in [1.82, 2.24) is 4.37 Å². The van der Waals surface area contributed by atoms with Gasteiger partial charge in [-0.1, -0.05) is 13.0 Å². The third-order valence-electron chi connectivity index (χ3n) is 2.15. The highest BCUT2D eigenvalue weighted by molar-refractivity contribution is 7.13. The number of rotatable bonds is 2. The Balaban J connectivity index is 2.69. The molecule has 72 valence electrons. The summed E-state index contributed by atoms with van der Waals surface area (Å²) in [4.78, 5) is 10.8. The lowest BCUT2D eigenvalue weighted by Gasteiger charge is -1.96. The number of carboxylic acid groups (broad SMARTS) is 1. The van der Waals surface area contributed by atoms with Crippen LogP contribution in [-0.2, 0) is 6.42 Å². The normalized spacial score (nSPS) is 10.6. The summed E-state index contributed by atoms with van der Waals surface area (Å²) in [6.45, 7) is 2.04. The minimum Gasteiger partial charge on any atom is -0.476 e. The second kappa shape index (κ2) is 3.38. The molecule has 0 spiro atoms. The third-order valence-corrected chi connectivity index (χ3v) is 2.97. The summed E-state index contributed by atoms with van der Waals surface area (Å²) in [5.74, 6) is -0.954. The highest BCUT2D eigenvalue weighted by Crippen LogP contribution is 2.24. The van der Waals surface area contributed by atoms with Crippen LogP contribution in [0, 0.1) is 0 Å². The molecular formula is C10H9NO2S. The lowest BCUT2D eigenvalue weighted by Crippen LogP contribution is -1.96. The Kier molecular flexibility index (Phi) is 2.21. The van der Waals surface area contributed by atoms with Crippen LogP contribution >= 0.6 is 11.5 Å². The Morgan fingerprint density at radius 1 is 1.57 bits per heavy atom. The molecular weight excluding hydrogens is 198 g/mol. The van der Waals surface area contributed by atoms with Crippen molar-refractivity contribution >= 4 is 27.6 Å². The van der Waals surface area contributed by atoms with Crippen LogP contribution < -0.4 is 0 Å². The number of fused-ring (bicyclic) bond motifs is 1. The molecule has 14 heavy (non-hydrogen) atoms. The molecule has 2 aromatic rings. The first kappa shape index (κ1) is 9.15. The monoisotopic (exact) mass is 207 g/mol. The first-order valence-electron chi connectivity index (χ1n) is 4.34. The van der Waals surface area contributed by atoms with Gasteiger partial charge in [0.05, 0.1) is 4.70 Å². The van der Waals surface area contributed by atoms with Gasteiger partial charge in [-0.25, -0.2) is 4.79 Å². The van der Waals surface area contributed by atoms with Crippen molar-refractivity contribution in [3.63, 3.8) is 0 Å². The molecule has 3 nitrogen and oxygen atoms in total. The van der Waals surface area contributed by atoms with Gasteiger partial charge in [0.1, 0.15) is 0 Å². The van der Waals surface area contributed by atoms with Gasteiger partial charge in [-0.05, 0) is 35.6 Å². The van der Waals surface area contributed by atoms with Crippen molar-refractivity contribution in [3.8, 4) is 0 Å². The van der Waals surface area contributed by atoms with Crippen molar-refractivity contribution in [1.29, 1.82) is 0 Å². The number of aromatic nitrogens is 1. The van der Waals surface area contributed by atoms with Crippen LogP contribution in [0.2, 0.25) is 0 Å². The second-order valence-corrected chi connectivity index (χ2v) is 3.83. The summed E-state index contributed by atoms with van der Waals surface area (Å²) >= 11 is 1.23. The van der Waals surface area contributed by atoms with E-state index in [9.17, 15) is 4.79 Å². The topological polar surface area (TPSA) is 50.2 Å². The van der Waals surface area contributed by atoms with Crippen molar-refractivity contribution in [3.05, 3.63) is 29.5 Å². The van der Waals surface area contributed by atoms with E-state index in [1.54, 1.807) is 0 Å². The highest BCUT2D eigenvalue weighted by Gasteiger charge is 2.12. The molecule has 0 radical (unpaired) electrons. The van der Waals surface area contributed by atoms with Gasteiger partial charge in [-0.15, -0.1) is 0 Å². The maximum absolute atomic E-state index is 10.8. The fourth-order valence-corrected chi connectivity index (χ4v) is 2.11. The molecule has 1 heterocycles. The summed E-state index contributed by atoms with van der Waals surface area (Å²) in [6.07, 6.45) is 0.908. The van der Waals surface area contributed by atoms with Gasteiger partial charge in [0.2, 0.25) is 0 Å². The number of benzene rings is 1. The predicted octanol–water partition coefficient (Wildman–Crippen LogP) is 2.56. The van der Waals surface area contributed by atoms with Gasteiger partial charge in [-0.3, -0.25) is 0 Å². The summed E-state index contributed by atoms with van der Waals surface area (Å²) in [7, 11) is 0. The molecule has 1 aromatic heterocycles. The van der Waals surface area contributed by atoms with E-state index in [2.05, 4.69) is 4.37 Å². The lowest BCUT2D eigenvalue weighted by molar-refractivity contribution is 0.0694. The molecule has 0 amide bonds. The number of hydrogen-bond acceptors (Lipinski definition) is 3. The zero-order valence-corrected chi connectivity index (χ0v) is 8.47. The average Bonchev–Trinajstić information content (AvgIpc) is 2.59. The zero-order valence-electron chi connectivity index (χ0n) is 7.65. The maximum Gasteiger partial charge on any atom is 0.356 e. The van der Waals surface area contributed by atoms with Gasteiger partial charge in [0.25, 0.3) is 0 Å². The molecule has 0 atom stereocenters. The van der Waals surface area contributed by atoms with E-state index in [0.29, 0.717) is 0 Å². The van der Waals surface area contributed by atoms with Gasteiger partial charge < -0.3 is 5.11 Å². The number of aromatic carboxylic acids is 1. The number of hydrogen-bond donors (Lipinski definition) is 1. The Hall–Kier alpha value is -1.42. The van der Waals surface area contributed by atoms with E-state index in [1.807, 2.05) is 25.1 Å². The standard InChI is InChI=1S/C10H9NO2S/c1-2-6-3-4-8-7(5-6)9(10(12)13)11-14-8/h3-5H,2H2,1H3,(H,12,13). The third kappa shape index (κ3) is 1.37. The van der Waals surface area contributed by atoms with Crippen molar-refractivity contribution in [2.45, 2.75) is 13.3 Å². The smallest absolute Gasteiger partial charge is 0.356 e. The largest absolute Gasteiger partial charge is 0.476 e. The fraction of sp³-hybridized carbons (Fsp3) is 0.200. The van der Waals surface area contributed by atoms with Crippen LogP contribution in [0.15, 0.2) is 18.2 Å². The van der Waals surface area contributed by atoms with Gasteiger partial charge >= 0.3 is 5.97 Å². The maximum atomic E-state index is 10.8. The molecule has 0 fully saturated rings. The van der Waals surface area contributed by atoms with Crippen LogP contribution in [-0.4, -0.2) is 15.4 Å². The highest BCUT2D eigenvalue weighted by atomic mass is 32.1. The minimum absolute atomic E-state index is 0.167. The number of carbonyl (C=O) groups is 1. The van der Waals surface area contributed by atoms with Gasteiger partial charge in [-0.2, -0.15) is 4.37 Å². The Labute approximate surface area is 85.2 Å². The van der Waals surface area contributed by atoms with Gasteiger partial charge in [0, 0.05) is 5.39 Å². The molecule has 0 aliphatic carbocycles. The molecule has 0 aliphatic heterocycles. The molecule has 0 bridgehead atoms. The lowest BCUT2D eigenvalue weighted by atomic mass is 10.1. The van der Waals surface area contributed by atoms with E-state index in [0.717, 1.165) is 22.1 Å². The van der Waals surface area contributed by atoms with Crippen LogP contribution in [0.1, 0.15) is 23.0 Å². The molecule has 2 rings (SSSR count). The first-order valence-corrected chi connectivity index (χ1v) is 5.11. The van der Waals surface area contributed by atoms with Gasteiger partial charge in [0.15, 0.2) is 5.69 Å². The number of aryl methyl sites for hydroxylation is 1. The molecule has 0 saturated carbocycles.